The van der Waals surface area contributed by atoms with Crippen LogP contribution in [-0.4, -0.2) is 71.3 Å². The van der Waals surface area contributed by atoms with Gasteiger partial charge in [0.15, 0.2) is 0 Å². The topological polar surface area (TPSA) is 67.8 Å². The quantitative estimate of drug-likeness (QED) is 0.805. The fourth-order valence-corrected chi connectivity index (χ4v) is 2.68. The van der Waals surface area contributed by atoms with Crippen LogP contribution in [0.3, 0.4) is 0 Å². The number of aromatic nitrogens is 2. The fourth-order valence-electron chi connectivity index (χ4n) is 2.68. The van der Waals surface area contributed by atoms with Crippen LogP contribution in [0.15, 0.2) is 18.6 Å². The van der Waals surface area contributed by atoms with Crippen LogP contribution < -0.4 is 4.74 Å². The van der Waals surface area contributed by atoms with E-state index in [9.17, 15) is 4.79 Å². The standard InChI is InChI=1S/C14H20N4O3/c19-14(17-6-8-20-9-7-17)18-5-1-2-12(10-18)21-13-3-4-15-11-16-13/h3-4,11-12H,1-2,5-10H2. The van der Waals surface area contributed by atoms with E-state index in [4.69, 9.17) is 9.47 Å². The Morgan fingerprint density at radius 3 is 2.90 bits per heavy atom. The van der Waals surface area contributed by atoms with Crippen LogP contribution in [0.2, 0.25) is 0 Å². The van der Waals surface area contributed by atoms with E-state index in [0.29, 0.717) is 38.7 Å². The molecule has 7 heteroatoms. The van der Waals surface area contributed by atoms with E-state index in [1.54, 1.807) is 12.3 Å². The summed E-state index contributed by atoms with van der Waals surface area (Å²) in [4.78, 5) is 24.1. The molecule has 1 aromatic rings. The van der Waals surface area contributed by atoms with Gasteiger partial charge in [0, 0.05) is 31.9 Å². The number of carbonyl (C=O) groups is 1. The molecule has 1 atom stereocenters. The summed E-state index contributed by atoms with van der Waals surface area (Å²) in [7, 11) is 0. The van der Waals surface area contributed by atoms with Crippen molar-refractivity contribution >= 4 is 6.03 Å². The van der Waals surface area contributed by atoms with E-state index >= 15 is 0 Å². The normalized spacial score (nSPS) is 23.0. The monoisotopic (exact) mass is 292 g/mol. The van der Waals surface area contributed by atoms with Crippen molar-refractivity contribution < 1.29 is 14.3 Å². The summed E-state index contributed by atoms with van der Waals surface area (Å²) in [6, 6.07) is 1.83. The molecule has 0 N–H and O–H groups in total. The maximum absolute atomic E-state index is 12.5. The number of hydrogen-bond acceptors (Lipinski definition) is 5. The third-order valence-electron chi connectivity index (χ3n) is 3.77. The first-order valence-electron chi connectivity index (χ1n) is 7.37. The van der Waals surface area contributed by atoms with Crippen molar-refractivity contribution in [2.24, 2.45) is 0 Å². The van der Waals surface area contributed by atoms with Crippen molar-refractivity contribution in [3.05, 3.63) is 18.6 Å². The third kappa shape index (κ3) is 3.60. The predicted octanol–water partition coefficient (Wildman–Crippen LogP) is 0.772. The molecule has 2 amide bonds. The van der Waals surface area contributed by atoms with Crippen LogP contribution >= 0.6 is 0 Å². The molecule has 0 bridgehead atoms. The van der Waals surface area contributed by atoms with E-state index in [1.807, 2.05) is 9.80 Å². The Morgan fingerprint density at radius 2 is 2.14 bits per heavy atom. The zero-order valence-corrected chi connectivity index (χ0v) is 12.0. The van der Waals surface area contributed by atoms with Crippen LogP contribution in [0.25, 0.3) is 0 Å². The summed E-state index contributed by atoms with van der Waals surface area (Å²) in [6.07, 6.45) is 5.01. The van der Waals surface area contributed by atoms with E-state index in [-0.39, 0.29) is 12.1 Å². The number of rotatable bonds is 2. The van der Waals surface area contributed by atoms with Crippen molar-refractivity contribution in [2.75, 3.05) is 39.4 Å². The number of morpholine rings is 1. The van der Waals surface area contributed by atoms with Gasteiger partial charge >= 0.3 is 6.03 Å². The van der Waals surface area contributed by atoms with Gasteiger partial charge in [-0.3, -0.25) is 0 Å². The van der Waals surface area contributed by atoms with E-state index < -0.39 is 0 Å². The average molecular weight is 292 g/mol. The smallest absolute Gasteiger partial charge is 0.320 e. The SMILES string of the molecule is O=C(N1CCOCC1)N1CCCC(Oc2ccncn2)C1. The Labute approximate surface area is 123 Å². The Kier molecular flexibility index (Phi) is 4.49. The minimum Gasteiger partial charge on any atom is -0.472 e. The summed E-state index contributed by atoms with van der Waals surface area (Å²) in [5.41, 5.74) is 0. The third-order valence-corrected chi connectivity index (χ3v) is 3.77. The minimum absolute atomic E-state index is 0.00126. The van der Waals surface area contributed by atoms with Gasteiger partial charge in [0.25, 0.3) is 0 Å². The molecule has 2 aliphatic rings. The van der Waals surface area contributed by atoms with Gasteiger partial charge in [0.1, 0.15) is 12.4 Å². The lowest BCUT2D eigenvalue weighted by atomic mass is 10.1. The molecule has 0 aromatic carbocycles. The first-order chi connectivity index (χ1) is 10.3. The zero-order valence-electron chi connectivity index (χ0n) is 12.0. The first-order valence-corrected chi connectivity index (χ1v) is 7.37. The molecule has 0 radical (unpaired) electrons. The van der Waals surface area contributed by atoms with Gasteiger partial charge in [-0.15, -0.1) is 0 Å². The highest BCUT2D eigenvalue weighted by Gasteiger charge is 2.29. The summed E-state index contributed by atoms with van der Waals surface area (Å²) in [6.45, 7) is 4.00. The highest BCUT2D eigenvalue weighted by Crippen LogP contribution is 2.17. The predicted molar refractivity (Wildman–Crippen MR) is 75.0 cm³/mol. The Balaban J connectivity index is 1.56. The molecular formula is C14H20N4O3. The summed E-state index contributed by atoms with van der Waals surface area (Å²) < 4.78 is 11.1. The van der Waals surface area contributed by atoms with Gasteiger partial charge in [-0.25, -0.2) is 14.8 Å². The van der Waals surface area contributed by atoms with E-state index in [1.165, 1.54) is 6.33 Å². The van der Waals surface area contributed by atoms with Crippen LogP contribution in [0, 0.1) is 0 Å². The maximum Gasteiger partial charge on any atom is 0.320 e. The number of urea groups is 1. The van der Waals surface area contributed by atoms with Gasteiger partial charge in [0.05, 0.1) is 19.8 Å². The number of ether oxygens (including phenoxy) is 2. The fraction of sp³-hybridized carbons (Fsp3) is 0.643. The maximum atomic E-state index is 12.5. The molecule has 7 nitrogen and oxygen atoms in total. The first kappa shape index (κ1) is 14.1. The second-order valence-electron chi connectivity index (χ2n) is 5.26. The second kappa shape index (κ2) is 6.71. The van der Waals surface area contributed by atoms with Crippen LogP contribution in [-0.2, 0) is 4.74 Å². The number of likely N-dealkylation sites (tertiary alicyclic amines) is 1. The number of nitrogens with zero attached hydrogens (tertiary/aromatic N) is 4. The van der Waals surface area contributed by atoms with Crippen molar-refractivity contribution in [1.29, 1.82) is 0 Å². The van der Waals surface area contributed by atoms with Crippen molar-refractivity contribution in [1.82, 2.24) is 19.8 Å². The molecule has 114 valence electrons. The highest BCUT2D eigenvalue weighted by atomic mass is 16.5. The lowest BCUT2D eigenvalue weighted by Gasteiger charge is -2.37. The molecule has 2 fully saturated rings. The van der Waals surface area contributed by atoms with Crippen LogP contribution in [0.4, 0.5) is 4.79 Å². The molecule has 1 unspecified atom stereocenters. The highest BCUT2D eigenvalue weighted by molar-refractivity contribution is 5.74. The van der Waals surface area contributed by atoms with E-state index in [0.717, 1.165) is 19.4 Å². The number of amides is 2. The van der Waals surface area contributed by atoms with Gasteiger partial charge in [-0.05, 0) is 12.8 Å². The Hall–Kier alpha value is -1.89. The number of carbonyl (C=O) groups excluding carboxylic acids is 1. The molecule has 2 aliphatic heterocycles. The Bertz CT molecular complexity index is 465. The molecule has 0 spiro atoms. The molecule has 3 rings (SSSR count). The van der Waals surface area contributed by atoms with Crippen molar-refractivity contribution in [3.8, 4) is 5.88 Å². The molecule has 2 saturated heterocycles. The minimum atomic E-state index is -0.00126. The van der Waals surface area contributed by atoms with Crippen molar-refractivity contribution in [2.45, 2.75) is 18.9 Å². The lowest BCUT2D eigenvalue weighted by molar-refractivity contribution is 0.0325. The van der Waals surface area contributed by atoms with Crippen LogP contribution in [0.5, 0.6) is 5.88 Å². The molecule has 21 heavy (non-hydrogen) atoms. The van der Waals surface area contributed by atoms with Crippen molar-refractivity contribution in [3.63, 3.8) is 0 Å². The summed E-state index contributed by atoms with van der Waals surface area (Å²) >= 11 is 0. The van der Waals surface area contributed by atoms with E-state index in [2.05, 4.69) is 9.97 Å². The van der Waals surface area contributed by atoms with Crippen LogP contribution in [0.1, 0.15) is 12.8 Å². The molecular weight excluding hydrogens is 272 g/mol. The molecule has 3 heterocycles. The molecule has 0 aliphatic carbocycles. The summed E-state index contributed by atoms with van der Waals surface area (Å²) in [5, 5.41) is 0. The average Bonchev–Trinajstić information content (AvgIpc) is 2.56. The molecule has 0 saturated carbocycles. The number of hydrogen-bond donors (Lipinski definition) is 0. The lowest BCUT2D eigenvalue weighted by Crippen LogP contribution is -2.52. The van der Waals surface area contributed by atoms with Gasteiger partial charge in [-0.1, -0.05) is 0 Å². The molecule has 1 aromatic heterocycles. The second-order valence-corrected chi connectivity index (χ2v) is 5.26. The van der Waals surface area contributed by atoms with Gasteiger partial charge < -0.3 is 19.3 Å². The zero-order chi connectivity index (χ0) is 14.5. The number of piperidine rings is 1. The summed E-state index contributed by atoms with van der Waals surface area (Å²) in [5.74, 6) is 0.565. The van der Waals surface area contributed by atoms with Gasteiger partial charge in [0.2, 0.25) is 5.88 Å². The largest absolute Gasteiger partial charge is 0.472 e. The Morgan fingerprint density at radius 1 is 1.29 bits per heavy atom. The van der Waals surface area contributed by atoms with Gasteiger partial charge in [-0.2, -0.15) is 0 Å².